The highest BCUT2D eigenvalue weighted by atomic mass is 32.2. The largest absolute Gasteiger partial charge is 0.459 e. The number of hydrogen-bond donors (Lipinski definition) is 3. The maximum Gasteiger partial charge on any atom is 0.321 e. The second-order valence-corrected chi connectivity index (χ2v) is 8.95. The number of carbonyl (C=O) groups excluding carboxylic acids is 1. The van der Waals surface area contributed by atoms with E-state index in [0.717, 1.165) is 16.9 Å². The summed E-state index contributed by atoms with van der Waals surface area (Å²) in [6.45, 7) is 0.131. The molecule has 0 fully saturated rings. The van der Waals surface area contributed by atoms with Gasteiger partial charge in [0.2, 0.25) is 6.29 Å². The average molecular weight is 490 g/mol. The first-order valence-electron chi connectivity index (χ1n) is 9.88. The van der Waals surface area contributed by atoms with Crippen molar-refractivity contribution in [3.05, 3.63) is 94.6 Å². The Bertz CT molecular complexity index is 1170. The summed E-state index contributed by atoms with van der Waals surface area (Å²) in [5.41, 5.74) is 1.87. The summed E-state index contributed by atoms with van der Waals surface area (Å²) >= 11 is -1.23. The van der Waals surface area contributed by atoms with Crippen LogP contribution in [0.5, 0.6) is 0 Å². The van der Waals surface area contributed by atoms with Crippen LogP contribution in [0.4, 0.5) is 14.3 Å². The molecule has 0 saturated heterocycles. The monoisotopic (exact) mass is 489 g/mol. The summed E-state index contributed by atoms with van der Waals surface area (Å²) in [6.07, 6.45) is 1.18. The van der Waals surface area contributed by atoms with Gasteiger partial charge in [0, 0.05) is 18.3 Å². The number of amides is 2. The highest BCUT2D eigenvalue weighted by molar-refractivity contribution is 7.79. The number of nitrogens with one attached hydrogen (secondary N) is 2. The molecular formula is C22H20FN3O5S2. The Kier molecular flexibility index (Phi) is 7.33. The molecule has 0 aliphatic carbocycles. The number of thiazole rings is 1. The molecule has 0 bridgehead atoms. The molecule has 2 heterocycles. The van der Waals surface area contributed by atoms with Gasteiger partial charge in [-0.1, -0.05) is 42.5 Å². The molecule has 2 amide bonds. The number of benzene rings is 2. The number of rotatable bonds is 8. The lowest BCUT2D eigenvalue weighted by atomic mass is 10.1. The van der Waals surface area contributed by atoms with Crippen LogP contribution in [0.1, 0.15) is 22.1 Å². The number of nitrogens with zero attached hydrogens (tertiary/aromatic N) is 1. The van der Waals surface area contributed by atoms with Gasteiger partial charge in [-0.05, 0) is 23.3 Å². The minimum atomic E-state index is -2.33. The van der Waals surface area contributed by atoms with Crippen LogP contribution in [0.25, 0.3) is 0 Å². The fraction of sp³-hybridized carbons (Fsp3) is 0.182. The van der Waals surface area contributed by atoms with E-state index in [0.29, 0.717) is 12.0 Å². The van der Waals surface area contributed by atoms with Crippen molar-refractivity contribution >= 4 is 33.6 Å². The van der Waals surface area contributed by atoms with Crippen LogP contribution in [0.15, 0.2) is 72.0 Å². The normalized spacial score (nSPS) is 16.8. The van der Waals surface area contributed by atoms with Crippen LogP contribution in [0.3, 0.4) is 0 Å². The summed E-state index contributed by atoms with van der Waals surface area (Å²) in [5.74, 6) is -0.204. The van der Waals surface area contributed by atoms with E-state index in [-0.39, 0.29) is 28.9 Å². The van der Waals surface area contributed by atoms with Crippen LogP contribution in [-0.2, 0) is 33.5 Å². The fourth-order valence-corrected chi connectivity index (χ4v) is 4.61. The molecule has 1 aliphatic heterocycles. The van der Waals surface area contributed by atoms with Gasteiger partial charge >= 0.3 is 6.03 Å². The van der Waals surface area contributed by atoms with Gasteiger partial charge in [-0.15, -0.1) is 11.3 Å². The Morgan fingerprint density at radius 3 is 2.76 bits per heavy atom. The van der Waals surface area contributed by atoms with E-state index in [1.165, 1.54) is 18.4 Å². The minimum Gasteiger partial charge on any atom is -0.459 e. The van der Waals surface area contributed by atoms with Crippen molar-refractivity contribution in [2.45, 2.75) is 24.5 Å². The number of carbonyl (C=O) groups is 1. The first kappa shape index (κ1) is 22.9. The summed E-state index contributed by atoms with van der Waals surface area (Å²) < 4.78 is 46.4. The highest BCUT2D eigenvalue weighted by Crippen LogP contribution is 2.34. The van der Waals surface area contributed by atoms with E-state index in [2.05, 4.69) is 15.6 Å². The molecule has 2 aromatic carbocycles. The summed E-state index contributed by atoms with van der Waals surface area (Å²) in [5, 5.41) is 5.91. The van der Waals surface area contributed by atoms with Crippen molar-refractivity contribution in [2.24, 2.45) is 0 Å². The Hall–Kier alpha value is -3.28. The van der Waals surface area contributed by atoms with E-state index < -0.39 is 28.7 Å². The molecule has 0 spiro atoms. The lowest BCUT2D eigenvalue weighted by molar-refractivity contribution is -0.0313. The number of aromatic nitrogens is 1. The zero-order valence-corrected chi connectivity index (χ0v) is 18.8. The van der Waals surface area contributed by atoms with Crippen molar-refractivity contribution in [1.82, 2.24) is 10.3 Å². The minimum absolute atomic E-state index is 0.131. The number of anilines is 1. The maximum atomic E-state index is 13.2. The van der Waals surface area contributed by atoms with Crippen LogP contribution in [0, 0.1) is 5.82 Å². The second-order valence-electron chi connectivity index (χ2n) is 7.06. The third-order valence-electron chi connectivity index (χ3n) is 4.66. The third kappa shape index (κ3) is 6.15. The molecule has 0 saturated carbocycles. The molecule has 33 heavy (non-hydrogen) atoms. The lowest BCUT2D eigenvalue weighted by Crippen LogP contribution is -2.28. The van der Waals surface area contributed by atoms with Crippen LogP contribution < -0.4 is 10.6 Å². The van der Waals surface area contributed by atoms with E-state index in [9.17, 15) is 17.9 Å². The smallest absolute Gasteiger partial charge is 0.321 e. The molecule has 0 radical (unpaired) electrons. The van der Waals surface area contributed by atoms with Gasteiger partial charge in [0.1, 0.15) is 12.1 Å². The molecule has 1 aliphatic rings. The molecule has 4 rings (SSSR count). The molecule has 8 nitrogen and oxygen atoms in total. The Morgan fingerprint density at radius 2 is 2.00 bits per heavy atom. The Morgan fingerprint density at radius 1 is 1.21 bits per heavy atom. The quantitative estimate of drug-likeness (QED) is 0.407. The molecule has 3 aromatic rings. The van der Waals surface area contributed by atoms with Gasteiger partial charge in [-0.25, -0.2) is 18.4 Å². The Balaban J connectivity index is 1.35. The van der Waals surface area contributed by atoms with Gasteiger partial charge in [-0.2, -0.15) is 0 Å². The zero-order valence-electron chi connectivity index (χ0n) is 17.1. The average Bonchev–Trinajstić information content (AvgIpc) is 3.43. The van der Waals surface area contributed by atoms with Crippen molar-refractivity contribution in [3.63, 3.8) is 0 Å². The molecule has 3 N–H and O–H groups in total. The molecular weight excluding hydrogens is 469 g/mol. The number of hydrogen-bond acceptors (Lipinski definition) is 6. The summed E-state index contributed by atoms with van der Waals surface area (Å²) in [7, 11) is 0. The van der Waals surface area contributed by atoms with E-state index in [4.69, 9.17) is 9.47 Å². The van der Waals surface area contributed by atoms with Gasteiger partial charge in [0.25, 0.3) is 0 Å². The molecule has 172 valence electrons. The summed E-state index contributed by atoms with van der Waals surface area (Å²) in [6, 6.07) is 14.9. The first-order valence-corrected chi connectivity index (χ1v) is 11.9. The van der Waals surface area contributed by atoms with Crippen LogP contribution >= 0.6 is 11.3 Å². The number of ether oxygens (including phenoxy) is 2. The second kappa shape index (κ2) is 10.6. The van der Waals surface area contributed by atoms with Gasteiger partial charge in [0.05, 0.1) is 5.69 Å². The summed E-state index contributed by atoms with van der Waals surface area (Å²) in [4.78, 5) is 16.4. The topological polar surface area (TPSA) is 110 Å². The van der Waals surface area contributed by atoms with Crippen molar-refractivity contribution in [2.75, 3.05) is 5.32 Å². The number of urea groups is 1. The van der Waals surface area contributed by atoms with Crippen LogP contribution in [-0.4, -0.2) is 26.1 Å². The third-order valence-corrected chi connectivity index (χ3v) is 6.31. The standard InChI is InChI=1S/C22H20FN3O5S2/c23-16-8-4-7-15(9-16)11-24-21(27)26-22-25-17(13-32-22)20(33(28)29)18-12-30-19(31-18)10-14-5-2-1-3-6-14/h1-9,12-13,19-20H,10-11H2,(H,28,29)(H2,24,25,26,27). The number of halogens is 1. The fourth-order valence-electron chi connectivity index (χ4n) is 3.15. The van der Waals surface area contributed by atoms with Crippen LogP contribution in [0.2, 0.25) is 0 Å². The highest BCUT2D eigenvalue weighted by Gasteiger charge is 2.33. The van der Waals surface area contributed by atoms with E-state index in [1.807, 2.05) is 30.3 Å². The molecule has 11 heteroatoms. The predicted octanol–water partition coefficient (Wildman–Crippen LogP) is 4.32. The van der Waals surface area contributed by atoms with Crippen molar-refractivity contribution < 1.29 is 27.4 Å². The van der Waals surface area contributed by atoms with E-state index in [1.54, 1.807) is 17.5 Å². The molecule has 3 atom stereocenters. The Labute approximate surface area is 195 Å². The van der Waals surface area contributed by atoms with E-state index >= 15 is 0 Å². The zero-order chi connectivity index (χ0) is 23.2. The van der Waals surface area contributed by atoms with Gasteiger partial charge in [0.15, 0.2) is 27.2 Å². The maximum absolute atomic E-state index is 13.2. The predicted molar refractivity (Wildman–Crippen MR) is 122 cm³/mol. The van der Waals surface area contributed by atoms with Crippen molar-refractivity contribution in [3.8, 4) is 0 Å². The molecule has 1 aromatic heterocycles. The SMILES string of the molecule is O=C(NCc1cccc(F)c1)Nc1nc(C(C2=COC(Cc3ccccc3)O2)S(=O)O)cs1. The lowest BCUT2D eigenvalue weighted by Gasteiger charge is -2.15. The van der Waals surface area contributed by atoms with Gasteiger partial charge < -0.3 is 19.3 Å². The molecule has 3 unspecified atom stereocenters. The van der Waals surface area contributed by atoms with Gasteiger partial charge in [-0.3, -0.25) is 5.32 Å². The first-order chi connectivity index (χ1) is 16.0. The van der Waals surface area contributed by atoms with Crippen molar-refractivity contribution in [1.29, 1.82) is 0 Å².